The Balaban J connectivity index is 1.73. The zero-order valence-electron chi connectivity index (χ0n) is 16.2. The molecule has 1 amide bonds. The van der Waals surface area contributed by atoms with E-state index in [-0.39, 0.29) is 17.3 Å². The number of anilines is 1. The van der Waals surface area contributed by atoms with Gasteiger partial charge >= 0.3 is 0 Å². The number of amides is 1. The van der Waals surface area contributed by atoms with Crippen LogP contribution in [0.2, 0.25) is 0 Å². The maximum Gasteiger partial charge on any atom is 0.231 e. The summed E-state index contributed by atoms with van der Waals surface area (Å²) >= 11 is 2.29. The molecule has 4 rings (SSSR count). The lowest BCUT2D eigenvalue weighted by Gasteiger charge is -2.30. The minimum atomic E-state index is -0.166. The van der Waals surface area contributed by atoms with Crippen molar-refractivity contribution in [2.24, 2.45) is 16.1 Å². The number of phenols is 1. The molecule has 0 saturated heterocycles. The van der Waals surface area contributed by atoms with E-state index in [0.29, 0.717) is 41.5 Å². The van der Waals surface area contributed by atoms with Crippen LogP contribution in [-0.2, 0) is 20.5 Å². The number of rotatable bonds is 5. The normalized spacial score (nSPS) is 13.5. The van der Waals surface area contributed by atoms with E-state index >= 15 is 0 Å². The highest BCUT2D eigenvalue weighted by molar-refractivity contribution is 7.94. The average Bonchev–Trinajstić information content (AvgIpc) is 3.19. The fourth-order valence-corrected chi connectivity index (χ4v) is 4.68. The molecule has 2 heterocycles. The van der Waals surface area contributed by atoms with Crippen LogP contribution >= 0.6 is 23.4 Å². The number of phenolic OH excluding ortho intramolecular Hbond substituents is 1. The van der Waals surface area contributed by atoms with Crippen LogP contribution in [0.3, 0.4) is 0 Å². The van der Waals surface area contributed by atoms with Gasteiger partial charge in [-0.3, -0.25) is 4.79 Å². The molecule has 1 aliphatic rings. The Morgan fingerprint density at radius 2 is 2.26 bits per heavy atom. The molecule has 1 aromatic heterocycles. The fraction of sp³-hybridized carbons (Fsp3) is 0.211. The van der Waals surface area contributed by atoms with Crippen molar-refractivity contribution in [3.05, 3.63) is 41.2 Å². The highest BCUT2D eigenvalue weighted by atomic mass is 32.2. The number of hydrogen-bond acceptors (Lipinski definition) is 10. The van der Waals surface area contributed by atoms with Gasteiger partial charge in [-0.1, -0.05) is 11.3 Å². The van der Waals surface area contributed by atoms with E-state index in [1.165, 1.54) is 24.3 Å². The van der Waals surface area contributed by atoms with Crippen LogP contribution in [0.1, 0.15) is 18.9 Å². The van der Waals surface area contributed by atoms with E-state index < -0.39 is 0 Å². The summed E-state index contributed by atoms with van der Waals surface area (Å²) in [4.78, 5) is 26.4. The minimum Gasteiger partial charge on any atom is -0.519 e. The molecule has 10 nitrogen and oxygen atoms in total. The lowest BCUT2D eigenvalue weighted by Crippen LogP contribution is -2.33. The number of fused-ring (bicyclic) bond motifs is 2. The lowest BCUT2D eigenvalue weighted by atomic mass is 9.98. The largest absolute Gasteiger partial charge is 0.519 e. The molecule has 0 bridgehead atoms. The van der Waals surface area contributed by atoms with Gasteiger partial charge in [0.1, 0.15) is 5.75 Å². The summed E-state index contributed by atoms with van der Waals surface area (Å²) in [6.45, 7) is 9.31. The van der Waals surface area contributed by atoms with Crippen molar-refractivity contribution in [3.8, 4) is 5.75 Å². The molecule has 0 unspecified atom stereocenters. The van der Waals surface area contributed by atoms with Gasteiger partial charge in [0, 0.05) is 23.9 Å². The highest BCUT2D eigenvalue weighted by Gasteiger charge is 2.27. The Hall–Kier alpha value is -3.08. The first-order valence-electron chi connectivity index (χ1n) is 9.08. The second-order valence-electron chi connectivity index (χ2n) is 6.55. The number of carbonyl (C=O) groups is 1. The van der Waals surface area contributed by atoms with Crippen LogP contribution in [0.5, 0.6) is 5.75 Å². The molecular formula is C19H16N6O4S2. The van der Waals surface area contributed by atoms with E-state index in [9.17, 15) is 9.90 Å². The average molecular weight is 457 g/mol. The van der Waals surface area contributed by atoms with Gasteiger partial charge in [-0.05, 0) is 37.1 Å². The smallest absolute Gasteiger partial charge is 0.231 e. The molecule has 31 heavy (non-hydrogen) atoms. The summed E-state index contributed by atoms with van der Waals surface area (Å²) < 4.78 is 5.51. The second-order valence-corrected chi connectivity index (χ2v) is 8.33. The van der Waals surface area contributed by atoms with Crippen LogP contribution < -0.4 is 10.8 Å². The van der Waals surface area contributed by atoms with E-state index in [0.717, 1.165) is 27.2 Å². The maximum absolute atomic E-state index is 12.2. The molecule has 0 spiro atoms. The van der Waals surface area contributed by atoms with Gasteiger partial charge in [-0.2, -0.15) is 5.90 Å². The summed E-state index contributed by atoms with van der Waals surface area (Å²) in [5.74, 6) is 4.58. The third kappa shape index (κ3) is 4.22. The van der Waals surface area contributed by atoms with E-state index in [1.807, 2.05) is 12.1 Å². The molecular weight excluding hydrogens is 440 g/mol. The Bertz CT molecular complexity index is 1240. The maximum atomic E-state index is 12.2. The molecule has 12 heteroatoms. The molecule has 2 aromatic carbocycles. The zero-order valence-corrected chi connectivity index (χ0v) is 17.9. The van der Waals surface area contributed by atoms with Crippen LogP contribution in [0.25, 0.3) is 15.1 Å². The van der Waals surface area contributed by atoms with Crippen molar-refractivity contribution in [2.75, 3.05) is 11.4 Å². The van der Waals surface area contributed by atoms with Crippen molar-refractivity contribution in [1.29, 1.82) is 0 Å². The van der Waals surface area contributed by atoms with Crippen LogP contribution in [0, 0.1) is 6.57 Å². The highest BCUT2D eigenvalue weighted by Crippen LogP contribution is 2.47. The van der Waals surface area contributed by atoms with E-state index in [1.54, 1.807) is 11.0 Å². The standard InChI is InChI=1S/C19H16N6O4S2/c1-10(26)25-7-3-4-12-17(25)14(9-15(21-2)18(12)27)23-24-19-22-13-6-5-11(31-29-28-20)8-16(13)30-19/h5-6,8-9,27H,3-4,7,20H2,1H3. The number of aromatic nitrogens is 1. The van der Waals surface area contributed by atoms with Crippen molar-refractivity contribution in [1.82, 2.24) is 4.98 Å². The fourth-order valence-electron chi connectivity index (χ4n) is 3.37. The van der Waals surface area contributed by atoms with Gasteiger partial charge in [0.25, 0.3) is 0 Å². The van der Waals surface area contributed by atoms with Crippen molar-refractivity contribution >= 4 is 61.7 Å². The third-order valence-corrected chi connectivity index (χ3v) is 6.17. The number of nitrogens with zero attached hydrogens (tertiary/aromatic N) is 5. The summed E-state index contributed by atoms with van der Waals surface area (Å²) in [5, 5.41) is 19.4. The lowest BCUT2D eigenvalue weighted by molar-refractivity contribution is -0.195. The minimum absolute atomic E-state index is 0.0752. The number of hydrogen-bond donors (Lipinski definition) is 2. The topological polar surface area (TPSA) is 127 Å². The molecule has 0 atom stereocenters. The van der Waals surface area contributed by atoms with E-state index in [2.05, 4.69) is 29.4 Å². The summed E-state index contributed by atoms with van der Waals surface area (Å²) in [5.41, 5.74) is 2.18. The quantitative estimate of drug-likeness (QED) is 0.180. The van der Waals surface area contributed by atoms with Crippen LogP contribution in [0.4, 0.5) is 22.2 Å². The Morgan fingerprint density at radius 1 is 1.42 bits per heavy atom. The monoisotopic (exact) mass is 456 g/mol. The first-order valence-corrected chi connectivity index (χ1v) is 10.6. The number of nitrogens with two attached hydrogens (primary N) is 1. The first-order chi connectivity index (χ1) is 15.0. The van der Waals surface area contributed by atoms with Gasteiger partial charge in [-0.15, -0.1) is 19.6 Å². The van der Waals surface area contributed by atoms with E-state index in [4.69, 9.17) is 12.5 Å². The van der Waals surface area contributed by atoms with Crippen LogP contribution in [-0.4, -0.2) is 22.5 Å². The number of benzene rings is 2. The molecule has 0 saturated carbocycles. The van der Waals surface area contributed by atoms with Gasteiger partial charge in [0.2, 0.25) is 16.7 Å². The van der Waals surface area contributed by atoms with Gasteiger partial charge in [-0.25, -0.2) is 9.83 Å². The zero-order chi connectivity index (χ0) is 22.0. The van der Waals surface area contributed by atoms with Gasteiger partial charge < -0.3 is 10.0 Å². The summed E-state index contributed by atoms with van der Waals surface area (Å²) in [7, 11) is 0. The molecule has 0 fully saturated rings. The van der Waals surface area contributed by atoms with Gasteiger partial charge in [0.15, 0.2) is 0 Å². The predicted molar refractivity (Wildman–Crippen MR) is 117 cm³/mol. The molecule has 0 aliphatic carbocycles. The molecule has 3 N–H and O–H groups in total. The SMILES string of the molecule is [C-]#[N+]c1cc(N=Nc2nc3ccc(SOON)cc3s2)c2c(c1O)CCCN2C(C)=O. The number of azo groups is 1. The van der Waals surface area contributed by atoms with Crippen molar-refractivity contribution < 1.29 is 19.2 Å². The first kappa shape index (κ1) is 21.2. The Kier molecular flexibility index (Phi) is 6.12. The molecule has 3 aromatic rings. The second kappa shape index (κ2) is 8.96. The Labute approximate surface area is 185 Å². The molecule has 1 aliphatic heterocycles. The molecule has 158 valence electrons. The number of carbonyl (C=O) groups excluding carboxylic acids is 1. The number of aromatic hydroxyl groups is 1. The predicted octanol–water partition coefficient (Wildman–Crippen LogP) is 5.10. The summed E-state index contributed by atoms with van der Waals surface area (Å²) in [6.07, 6.45) is 1.24. The molecule has 0 radical (unpaired) electrons. The summed E-state index contributed by atoms with van der Waals surface area (Å²) in [6, 6.07) is 6.91. The van der Waals surface area contributed by atoms with Crippen molar-refractivity contribution in [2.45, 2.75) is 24.7 Å². The third-order valence-electron chi connectivity index (χ3n) is 4.67. The van der Waals surface area contributed by atoms with Gasteiger partial charge in [0.05, 0.1) is 40.2 Å². The van der Waals surface area contributed by atoms with Crippen molar-refractivity contribution in [3.63, 3.8) is 0 Å². The Morgan fingerprint density at radius 3 is 3.00 bits per heavy atom. The number of thiazole rings is 1. The van der Waals surface area contributed by atoms with Crippen LogP contribution in [0.15, 0.2) is 39.4 Å².